The molecule has 1 fully saturated rings. The lowest BCUT2D eigenvalue weighted by Gasteiger charge is -2.40. The molecule has 0 bridgehead atoms. The third-order valence-electron chi connectivity index (χ3n) is 2.95. The van der Waals surface area contributed by atoms with Gasteiger partial charge < -0.3 is 9.47 Å². The molecule has 0 radical (unpaired) electrons. The van der Waals surface area contributed by atoms with Crippen molar-refractivity contribution in [1.29, 1.82) is 0 Å². The van der Waals surface area contributed by atoms with Crippen molar-refractivity contribution in [3.05, 3.63) is 34.3 Å². The number of ether oxygens (including phenoxy) is 2. The van der Waals surface area contributed by atoms with Gasteiger partial charge in [0.15, 0.2) is 0 Å². The van der Waals surface area contributed by atoms with E-state index in [0.29, 0.717) is 13.2 Å². The molecule has 0 aromatic heterocycles. The van der Waals surface area contributed by atoms with Gasteiger partial charge in [-0.15, -0.1) is 11.6 Å². The van der Waals surface area contributed by atoms with E-state index in [1.807, 2.05) is 25.1 Å². The van der Waals surface area contributed by atoms with Gasteiger partial charge in [0.1, 0.15) is 6.10 Å². The van der Waals surface area contributed by atoms with Crippen molar-refractivity contribution < 1.29 is 9.47 Å². The van der Waals surface area contributed by atoms with Gasteiger partial charge in [-0.2, -0.15) is 0 Å². The summed E-state index contributed by atoms with van der Waals surface area (Å²) in [5.41, 5.74) is 1.15. The molecular weight excluding hydrogens is 303 g/mol. The van der Waals surface area contributed by atoms with E-state index < -0.39 is 0 Å². The van der Waals surface area contributed by atoms with Crippen LogP contribution < -0.4 is 0 Å². The fraction of sp³-hybridized carbons (Fsp3) is 0.538. The van der Waals surface area contributed by atoms with Gasteiger partial charge in [0.25, 0.3) is 0 Å². The minimum atomic E-state index is 0.0455. The first-order chi connectivity index (χ1) is 8.22. The lowest BCUT2D eigenvalue weighted by atomic mass is 9.91. The number of hydrogen-bond acceptors (Lipinski definition) is 2. The molecule has 3 atom stereocenters. The average Bonchev–Trinajstić information content (AvgIpc) is 2.33. The molecular formula is C13H16BrClO2. The Morgan fingerprint density at radius 2 is 2.12 bits per heavy atom. The van der Waals surface area contributed by atoms with Crippen LogP contribution in [0, 0.1) is 0 Å². The summed E-state index contributed by atoms with van der Waals surface area (Å²) in [6.07, 6.45) is 1.05. The van der Waals surface area contributed by atoms with Crippen LogP contribution >= 0.6 is 27.5 Å². The lowest BCUT2D eigenvalue weighted by Crippen LogP contribution is -2.50. The number of halogens is 2. The minimum Gasteiger partial charge on any atom is -0.374 e. The lowest BCUT2D eigenvalue weighted by molar-refractivity contribution is -0.127. The van der Waals surface area contributed by atoms with Crippen molar-refractivity contribution in [2.45, 2.75) is 37.5 Å². The summed E-state index contributed by atoms with van der Waals surface area (Å²) in [6.45, 7) is 3.26. The van der Waals surface area contributed by atoms with Crippen LogP contribution in [0.15, 0.2) is 28.7 Å². The predicted molar refractivity (Wildman–Crippen MR) is 72.4 cm³/mol. The van der Waals surface area contributed by atoms with Crippen molar-refractivity contribution in [2.24, 2.45) is 0 Å². The Morgan fingerprint density at radius 1 is 1.35 bits per heavy atom. The van der Waals surface area contributed by atoms with Gasteiger partial charge in [-0.1, -0.05) is 34.1 Å². The van der Waals surface area contributed by atoms with Gasteiger partial charge in [0, 0.05) is 11.1 Å². The van der Waals surface area contributed by atoms with Gasteiger partial charge in [0.05, 0.1) is 18.1 Å². The molecule has 0 saturated heterocycles. The molecule has 0 heterocycles. The summed E-state index contributed by atoms with van der Waals surface area (Å²) < 4.78 is 12.5. The number of alkyl halides is 1. The van der Waals surface area contributed by atoms with E-state index in [2.05, 4.69) is 22.0 Å². The van der Waals surface area contributed by atoms with Crippen molar-refractivity contribution in [3.63, 3.8) is 0 Å². The van der Waals surface area contributed by atoms with Crippen molar-refractivity contribution >= 4 is 27.5 Å². The van der Waals surface area contributed by atoms with E-state index in [1.54, 1.807) is 0 Å². The smallest absolute Gasteiger partial charge is 0.100 e. The first-order valence-corrected chi connectivity index (χ1v) is 7.06. The fourth-order valence-electron chi connectivity index (χ4n) is 1.91. The Kier molecular flexibility index (Phi) is 4.86. The van der Waals surface area contributed by atoms with Crippen molar-refractivity contribution in [3.8, 4) is 0 Å². The van der Waals surface area contributed by atoms with E-state index in [1.165, 1.54) is 0 Å². The van der Waals surface area contributed by atoms with Crippen LogP contribution in [0.3, 0.4) is 0 Å². The highest BCUT2D eigenvalue weighted by atomic mass is 79.9. The third kappa shape index (κ3) is 3.22. The molecule has 0 aliphatic heterocycles. The third-order valence-corrected chi connectivity index (χ3v) is 4.15. The molecule has 3 unspecified atom stereocenters. The summed E-state index contributed by atoms with van der Waals surface area (Å²) in [7, 11) is 0. The number of benzene rings is 1. The standard InChI is InChI=1S/C13H16BrClO2/c1-2-16-13-11(15)7-12(13)17-8-9-5-3-4-6-10(9)14/h3-6,11-13H,2,7-8H2,1H3. The van der Waals surface area contributed by atoms with E-state index in [4.69, 9.17) is 21.1 Å². The molecule has 1 saturated carbocycles. The Balaban J connectivity index is 1.85. The highest BCUT2D eigenvalue weighted by molar-refractivity contribution is 9.10. The van der Waals surface area contributed by atoms with Crippen molar-refractivity contribution in [1.82, 2.24) is 0 Å². The van der Waals surface area contributed by atoms with Crippen molar-refractivity contribution in [2.75, 3.05) is 6.61 Å². The van der Waals surface area contributed by atoms with Gasteiger partial charge in [-0.05, 0) is 25.0 Å². The molecule has 94 valence electrons. The van der Waals surface area contributed by atoms with Gasteiger partial charge in [0.2, 0.25) is 0 Å². The van der Waals surface area contributed by atoms with Crippen LogP contribution in [0.25, 0.3) is 0 Å². The molecule has 0 N–H and O–H groups in total. The van der Waals surface area contributed by atoms with Crippen LogP contribution in [-0.2, 0) is 16.1 Å². The summed E-state index contributed by atoms with van der Waals surface area (Å²) in [6, 6.07) is 8.07. The zero-order valence-corrected chi connectivity index (χ0v) is 12.1. The SMILES string of the molecule is CCOC1C(Cl)CC1OCc1ccccc1Br. The first-order valence-electron chi connectivity index (χ1n) is 5.83. The molecule has 2 rings (SSSR count). The topological polar surface area (TPSA) is 18.5 Å². The highest BCUT2D eigenvalue weighted by Gasteiger charge is 2.41. The van der Waals surface area contributed by atoms with E-state index >= 15 is 0 Å². The molecule has 4 heteroatoms. The zero-order chi connectivity index (χ0) is 12.3. The Labute approximate surface area is 115 Å². The molecule has 1 aromatic carbocycles. The summed E-state index contributed by atoms with van der Waals surface area (Å²) >= 11 is 9.59. The van der Waals surface area contributed by atoms with Crippen LogP contribution in [0.2, 0.25) is 0 Å². The van der Waals surface area contributed by atoms with Crippen LogP contribution in [0.4, 0.5) is 0 Å². The summed E-state index contributed by atoms with van der Waals surface area (Å²) in [4.78, 5) is 0. The summed E-state index contributed by atoms with van der Waals surface area (Å²) in [5, 5.41) is 0.0964. The molecule has 17 heavy (non-hydrogen) atoms. The van der Waals surface area contributed by atoms with Crippen LogP contribution in [-0.4, -0.2) is 24.2 Å². The summed E-state index contributed by atoms with van der Waals surface area (Å²) in [5.74, 6) is 0. The van der Waals surface area contributed by atoms with Gasteiger partial charge in [-0.3, -0.25) is 0 Å². The quantitative estimate of drug-likeness (QED) is 0.770. The monoisotopic (exact) mass is 318 g/mol. The molecule has 1 aliphatic carbocycles. The van der Waals surface area contributed by atoms with Gasteiger partial charge >= 0.3 is 0 Å². The number of rotatable bonds is 5. The molecule has 2 nitrogen and oxygen atoms in total. The molecule has 1 aliphatic rings. The molecule has 0 spiro atoms. The second-order valence-corrected chi connectivity index (χ2v) is 5.53. The maximum Gasteiger partial charge on any atom is 0.100 e. The maximum atomic E-state index is 6.09. The first kappa shape index (κ1) is 13.3. The van der Waals surface area contributed by atoms with E-state index in [9.17, 15) is 0 Å². The normalized spacial score (nSPS) is 27.8. The second-order valence-electron chi connectivity index (χ2n) is 4.11. The molecule has 1 aromatic rings. The predicted octanol–water partition coefficient (Wildman–Crippen LogP) is 3.75. The Morgan fingerprint density at radius 3 is 2.76 bits per heavy atom. The minimum absolute atomic E-state index is 0.0455. The van der Waals surface area contributed by atoms with E-state index in [-0.39, 0.29) is 17.6 Å². The Bertz CT molecular complexity index is 372. The zero-order valence-electron chi connectivity index (χ0n) is 9.74. The highest BCUT2D eigenvalue weighted by Crippen LogP contribution is 2.32. The average molecular weight is 320 g/mol. The van der Waals surface area contributed by atoms with Crippen LogP contribution in [0.5, 0.6) is 0 Å². The molecule has 0 amide bonds. The largest absolute Gasteiger partial charge is 0.374 e. The Hall–Kier alpha value is -0.0900. The van der Waals surface area contributed by atoms with Crippen LogP contribution in [0.1, 0.15) is 18.9 Å². The van der Waals surface area contributed by atoms with E-state index in [0.717, 1.165) is 16.5 Å². The number of hydrogen-bond donors (Lipinski definition) is 0. The maximum absolute atomic E-state index is 6.09. The second kappa shape index (κ2) is 6.19. The van der Waals surface area contributed by atoms with Gasteiger partial charge in [-0.25, -0.2) is 0 Å². The fourth-order valence-corrected chi connectivity index (χ4v) is 2.72.